The van der Waals surface area contributed by atoms with Crippen LogP contribution >= 0.6 is 11.3 Å². The molecule has 7 nitrogen and oxygen atoms in total. The molecule has 0 bridgehead atoms. The van der Waals surface area contributed by atoms with Gasteiger partial charge < -0.3 is 5.32 Å². The van der Waals surface area contributed by atoms with E-state index < -0.39 is 9.84 Å². The number of fused-ring (bicyclic) bond motifs is 3. The number of carbonyl (C=O) groups is 1. The lowest BCUT2D eigenvalue weighted by Crippen LogP contribution is -2.24. The number of hydrogen-bond donors (Lipinski definition) is 1. The predicted octanol–water partition coefficient (Wildman–Crippen LogP) is 3.08. The van der Waals surface area contributed by atoms with E-state index >= 15 is 0 Å². The molecule has 0 fully saturated rings. The normalized spacial score (nSPS) is 13.9. The molecule has 2 aromatic heterocycles. The summed E-state index contributed by atoms with van der Waals surface area (Å²) in [6.45, 7) is 2.01. The zero-order valence-corrected chi connectivity index (χ0v) is 18.5. The van der Waals surface area contributed by atoms with Gasteiger partial charge in [0.2, 0.25) is 5.91 Å². The maximum Gasteiger partial charge on any atom is 0.262 e. The molecule has 4 rings (SSSR count). The zero-order valence-electron chi connectivity index (χ0n) is 16.9. The molecular formula is C21H23N3O4S2. The van der Waals surface area contributed by atoms with E-state index in [1.807, 2.05) is 0 Å². The van der Waals surface area contributed by atoms with Crippen molar-refractivity contribution < 1.29 is 13.2 Å². The molecule has 1 N–H and O–H groups in total. The second-order valence-corrected chi connectivity index (χ2v) is 10.8. The SMILES string of the molecule is Cc1ccc(S(C)(=O)=O)cc1NC(=O)CCn1cnc2sc3c(c2c1=O)CCCC3. The highest BCUT2D eigenvalue weighted by Gasteiger charge is 2.20. The van der Waals surface area contributed by atoms with Crippen molar-refractivity contribution in [3.8, 4) is 0 Å². The van der Waals surface area contributed by atoms with Crippen LogP contribution in [0.1, 0.15) is 35.3 Å². The van der Waals surface area contributed by atoms with Crippen molar-refractivity contribution in [1.82, 2.24) is 9.55 Å². The summed E-state index contributed by atoms with van der Waals surface area (Å²) in [5.74, 6) is -0.289. The van der Waals surface area contributed by atoms with Crippen LogP contribution in [0.15, 0.2) is 34.2 Å². The minimum Gasteiger partial charge on any atom is -0.326 e. The van der Waals surface area contributed by atoms with Crippen LogP contribution in [0.2, 0.25) is 0 Å². The van der Waals surface area contributed by atoms with Gasteiger partial charge in [0.15, 0.2) is 9.84 Å². The fourth-order valence-corrected chi connectivity index (χ4v) is 5.61. The van der Waals surface area contributed by atoms with Crippen LogP contribution in [-0.2, 0) is 34.0 Å². The molecule has 0 aliphatic heterocycles. The van der Waals surface area contributed by atoms with Crippen LogP contribution in [0.3, 0.4) is 0 Å². The Kier molecular flexibility index (Phi) is 5.50. The average molecular weight is 446 g/mol. The molecule has 0 spiro atoms. The van der Waals surface area contributed by atoms with Crippen LogP contribution in [-0.4, -0.2) is 30.1 Å². The average Bonchev–Trinajstić information content (AvgIpc) is 3.07. The lowest BCUT2D eigenvalue weighted by Gasteiger charge is -2.11. The number of benzene rings is 1. The quantitative estimate of drug-likeness (QED) is 0.651. The molecule has 0 atom stereocenters. The topological polar surface area (TPSA) is 98.1 Å². The van der Waals surface area contributed by atoms with Gasteiger partial charge in [0.05, 0.1) is 16.6 Å². The van der Waals surface area contributed by atoms with Crippen molar-refractivity contribution in [1.29, 1.82) is 0 Å². The van der Waals surface area contributed by atoms with Crippen molar-refractivity contribution in [2.24, 2.45) is 0 Å². The lowest BCUT2D eigenvalue weighted by atomic mass is 9.97. The summed E-state index contributed by atoms with van der Waals surface area (Å²) in [6.07, 6.45) is 6.87. The first-order chi connectivity index (χ1) is 14.2. The Labute approximate surface area is 178 Å². The third-order valence-corrected chi connectivity index (χ3v) is 7.74. The number of aryl methyl sites for hydroxylation is 4. The van der Waals surface area contributed by atoms with E-state index in [-0.39, 0.29) is 29.3 Å². The molecule has 0 saturated carbocycles. The smallest absolute Gasteiger partial charge is 0.262 e. The van der Waals surface area contributed by atoms with E-state index in [0.29, 0.717) is 11.1 Å². The molecule has 2 heterocycles. The van der Waals surface area contributed by atoms with Crippen LogP contribution in [0, 0.1) is 6.92 Å². The van der Waals surface area contributed by atoms with E-state index in [9.17, 15) is 18.0 Å². The first kappa shape index (κ1) is 20.7. The Morgan fingerprint density at radius 1 is 1.27 bits per heavy atom. The van der Waals surface area contributed by atoms with E-state index in [1.54, 1.807) is 24.3 Å². The van der Waals surface area contributed by atoms with Crippen LogP contribution in [0.5, 0.6) is 0 Å². The highest BCUT2D eigenvalue weighted by atomic mass is 32.2. The minimum absolute atomic E-state index is 0.0853. The van der Waals surface area contributed by atoms with Crippen LogP contribution in [0.25, 0.3) is 10.2 Å². The first-order valence-electron chi connectivity index (χ1n) is 9.84. The van der Waals surface area contributed by atoms with Gasteiger partial charge >= 0.3 is 0 Å². The molecule has 0 saturated heterocycles. The minimum atomic E-state index is -3.37. The molecular weight excluding hydrogens is 422 g/mol. The molecule has 1 aliphatic rings. The number of hydrogen-bond acceptors (Lipinski definition) is 6. The summed E-state index contributed by atoms with van der Waals surface area (Å²) in [6, 6.07) is 4.64. The number of thiophene rings is 1. The fourth-order valence-electron chi connectivity index (χ4n) is 3.74. The number of nitrogens with one attached hydrogen (secondary N) is 1. The second kappa shape index (κ2) is 7.96. The Hall–Kier alpha value is -2.52. The third kappa shape index (κ3) is 4.04. The van der Waals surface area contributed by atoms with Gasteiger partial charge in [-0.2, -0.15) is 0 Å². The molecule has 30 heavy (non-hydrogen) atoms. The Morgan fingerprint density at radius 2 is 2.03 bits per heavy atom. The number of rotatable bonds is 5. The molecule has 1 aromatic carbocycles. The molecule has 9 heteroatoms. The first-order valence-corrected chi connectivity index (χ1v) is 12.5. The van der Waals surface area contributed by atoms with Gasteiger partial charge in [0, 0.05) is 29.8 Å². The van der Waals surface area contributed by atoms with Crippen molar-refractivity contribution in [3.63, 3.8) is 0 Å². The van der Waals surface area contributed by atoms with Crippen molar-refractivity contribution in [2.75, 3.05) is 11.6 Å². The Balaban J connectivity index is 1.51. The summed E-state index contributed by atoms with van der Waals surface area (Å²) in [5.41, 5.74) is 2.25. The van der Waals surface area contributed by atoms with Gasteiger partial charge in [-0.1, -0.05) is 6.07 Å². The number of aromatic nitrogens is 2. The number of nitrogens with zero attached hydrogens (tertiary/aromatic N) is 2. The van der Waals surface area contributed by atoms with E-state index in [0.717, 1.165) is 47.9 Å². The maximum absolute atomic E-state index is 13.0. The highest BCUT2D eigenvalue weighted by molar-refractivity contribution is 7.90. The summed E-state index contributed by atoms with van der Waals surface area (Å²) >= 11 is 1.60. The highest BCUT2D eigenvalue weighted by Crippen LogP contribution is 2.33. The van der Waals surface area contributed by atoms with Crippen LogP contribution < -0.4 is 10.9 Å². The monoisotopic (exact) mass is 445 g/mol. The predicted molar refractivity (Wildman–Crippen MR) is 118 cm³/mol. The van der Waals surface area contributed by atoms with Crippen molar-refractivity contribution >= 4 is 43.0 Å². The summed E-state index contributed by atoms with van der Waals surface area (Å²) < 4.78 is 25.0. The molecule has 1 amide bonds. The van der Waals surface area contributed by atoms with Gasteiger partial charge in [-0.05, 0) is 55.9 Å². The number of amides is 1. The number of carbonyl (C=O) groups excluding carboxylic acids is 1. The number of anilines is 1. The lowest BCUT2D eigenvalue weighted by molar-refractivity contribution is -0.116. The van der Waals surface area contributed by atoms with Gasteiger partial charge in [-0.3, -0.25) is 14.2 Å². The van der Waals surface area contributed by atoms with Crippen molar-refractivity contribution in [2.45, 2.75) is 50.5 Å². The van der Waals surface area contributed by atoms with Gasteiger partial charge in [0.1, 0.15) is 4.83 Å². The molecule has 3 aromatic rings. The van der Waals surface area contributed by atoms with Crippen LogP contribution in [0.4, 0.5) is 5.69 Å². The second-order valence-electron chi connectivity index (χ2n) is 7.68. The van der Waals surface area contributed by atoms with E-state index in [1.165, 1.54) is 27.9 Å². The number of sulfone groups is 1. The maximum atomic E-state index is 13.0. The zero-order chi connectivity index (χ0) is 21.5. The van der Waals surface area contributed by atoms with Gasteiger partial charge in [-0.25, -0.2) is 13.4 Å². The Bertz CT molecular complexity index is 1310. The van der Waals surface area contributed by atoms with Gasteiger partial charge in [-0.15, -0.1) is 11.3 Å². The molecule has 158 valence electrons. The third-order valence-electron chi connectivity index (χ3n) is 5.43. The largest absolute Gasteiger partial charge is 0.326 e. The van der Waals surface area contributed by atoms with Crippen molar-refractivity contribution in [3.05, 3.63) is 50.9 Å². The molecule has 0 unspecified atom stereocenters. The summed E-state index contributed by atoms with van der Waals surface area (Å²) in [4.78, 5) is 32.1. The summed E-state index contributed by atoms with van der Waals surface area (Å²) in [5, 5.41) is 3.46. The Morgan fingerprint density at radius 3 is 2.80 bits per heavy atom. The van der Waals surface area contributed by atoms with Gasteiger partial charge in [0.25, 0.3) is 5.56 Å². The summed E-state index contributed by atoms with van der Waals surface area (Å²) in [7, 11) is -3.37. The molecule has 1 aliphatic carbocycles. The van der Waals surface area contributed by atoms with E-state index in [4.69, 9.17) is 0 Å². The van der Waals surface area contributed by atoms with E-state index in [2.05, 4.69) is 10.3 Å². The fraction of sp³-hybridized carbons (Fsp3) is 0.381. The standard InChI is InChI=1S/C21H23N3O4S2/c1-13-7-8-14(30(2,27)28)11-16(13)23-18(25)9-10-24-12-22-20-19(21(24)26)15-5-3-4-6-17(15)29-20/h7-8,11-12H,3-6,9-10H2,1-2H3,(H,23,25). The molecule has 0 radical (unpaired) electrons.